The van der Waals surface area contributed by atoms with E-state index in [1.807, 2.05) is 29.9 Å². The minimum absolute atomic E-state index is 0.823. The molecule has 0 aliphatic carbocycles. The summed E-state index contributed by atoms with van der Waals surface area (Å²) in [5.74, 6) is 2.05. The Hall–Kier alpha value is -0.150. The number of rotatable bonds is 7. The van der Waals surface area contributed by atoms with Crippen LogP contribution in [0.25, 0.3) is 0 Å². The second kappa shape index (κ2) is 8.94. The molecule has 0 rings (SSSR count). The molecule has 1 nitrogen and oxygen atoms in total. The molecule has 0 aliphatic heterocycles. The average Bonchev–Trinajstić information content (AvgIpc) is 2.10. The SMILES string of the molecule is C=CCSSCC/C=C(\C)C=O. The van der Waals surface area contributed by atoms with E-state index < -0.39 is 0 Å². The normalized spacial score (nSPS) is 11.2. The molecule has 0 aromatic rings. The molecule has 68 valence electrons. The van der Waals surface area contributed by atoms with Gasteiger partial charge in [-0.25, -0.2) is 0 Å². The van der Waals surface area contributed by atoms with Crippen LogP contribution in [0, 0.1) is 0 Å². The Balaban J connectivity index is 3.20. The van der Waals surface area contributed by atoms with Gasteiger partial charge in [0.25, 0.3) is 0 Å². The maximum atomic E-state index is 10.2. The lowest BCUT2D eigenvalue weighted by Gasteiger charge is -1.94. The van der Waals surface area contributed by atoms with Crippen LogP contribution in [0.5, 0.6) is 0 Å². The highest BCUT2D eigenvalue weighted by atomic mass is 33.1. The van der Waals surface area contributed by atoms with Crippen molar-refractivity contribution in [2.24, 2.45) is 0 Å². The van der Waals surface area contributed by atoms with Crippen molar-refractivity contribution in [3.8, 4) is 0 Å². The van der Waals surface area contributed by atoms with Crippen molar-refractivity contribution in [2.75, 3.05) is 11.5 Å². The predicted octanol–water partition coefficient (Wildman–Crippen LogP) is 3.09. The predicted molar refractivity (Wildman–Crippen MR) is 59.6 cm³/mol. The molecule has 0 radical (unpaired) electrons. The third-order valence-electron chi connectivity index (χ3n) is 1.12. The van der Waals surface area contributed by atoms with Crippen LogP contribution < -0.4 is 0 Å². The van der Waals surface area contributed by atoms with E-state index >= 15 is 0 Å². The van der Waals surface area contributed by atoms with E-state index in [9.17, 15) is 4.79 Å². The van der Waals surface area contributed by atoms with E-state index in [0.29, 0.717) is 0 Å². The van der Waals surface area contributed by atoms with Crippen LogP contribution in [0.15, 0.2) is 24.3 Å². The van der Waals surface area contributed by atoms with Crippen LogP contribution in [0.3, 0.4) is 0 Å². The van der Waals surface area contributed by atoms with E-state index in [4.69, 9.17) is 0 Å². The Bertz CT molecular complexity index is 164. The van der Waals surface area contributed by atoms with E-state index in [2.05, 4.69) is 6.58 Å². The van der Waals surface area contributed by atoms with Gasteiger partial charge >= 0.3 is 0 Å². The second-order valence-corrected chi connectivity index (χ2v) is 4.88. The van der Waals surface area contributed by atoms with Crippen LogP contribution in [-0.4, -0.2) is 17.8 Å². The largest absolute Gasteiger partial charge is 0.298 e. The molecule has 0 spiro atoms. The van der Waals surface area contributed by atoms with Crippen LogP contribution in [0.1, 0.15) is 13.3 Å². The molecule has 0 aromatic carbocycles. The molecular formula is C9H14OS2. The Labute approximate surface area is 82.1 Å². The van der Waals surface area contributed by atoms with Crippen molar-refractivity contribution in [3.63, 3.8) is 0 Å². The maximum Gasteiger partial charge on any atom is 0.145 e. The first-order chi connectivity index (χ1) is 5.81. The molecule has 3 heteroatoms. The van der Waals surface area contributed by atoms with Crippen LogP contribution >= 0.6 is 21.6 Å². The van der Waals surface area contributed by atoms with E-state index in [-0.39, 0.29) is 0 Å². The van der Waals surface area contributed by atoms with Gasteiger partial charge in [0.1, 0.15) is 6.29 Å². The number of carbonyl (C=O) groups excluding carboxylic acids is 1. The Morgan fingerprint density at radius 1 is 1.50 bits per heavy atom. The molecule has 0 atom stereocenters. The zero-order valence-corrected chi connectivity index (χ0v) is 8.92. The fourth-order valence-corrected chi connectivity index (χ4v) is 2.28. The summed E-state index contributed by atoms with van der Waals surface area (Å²) in [6, 6.07) is 0. The van der Waals surface area contributed by atoms with Gasteiger partial charge in [-0.3, -0.25) is 4.79 Å². The molecular weight excluding hydrogens is 188 g/mol. The number of aldehydes is 1. The minimum Gasteiger partial charge on any atom is -0.298 e. The lowest BCUT2D eigenvalue weighted by atomic mass is 10.3. The Morgan fingerprint density at radius 3 is 2.83 bits per heavy atom. The van der Waals surface area contributed by atoms with Crippen LogP contribution in [0.2, 0.25) is 0 Å². The quantitative estimate of drug-likeness (QED) is 0.208. The fraction of sp³-hybridized carbons (Fsp3) is 0.444. The summed E-state index contributed by atoms with van der Waals surface area (Å²) in [4.78, 5) is 10.2. The van der Waals surface area contributed by atoms with Gasteiger partial charge in [0.05, 0.1) is 0 Å². The average molecular weight is 202 g/mol. The first-order valence-corrected chi connectivity index (χ1v) is 6.27. The zero-order valence-electron chi connectivity index (χ0n) is 7.29. The molecule has 0 aromatic heterocycles. The smallest absolute Gasteiger partial charge is 0.145 e. The maximum absolute atomic E-state index is 10.2. The van der Waals surface area contributed by atoms with Crippen molar-refractivity contribution in [3.05, 3.63) is 24.3 Å². The van der Waals surface area contributed by atoms with Crippen LogP contribution in [-0.2, 0) is 4.79 Å². The van der Waals surface area contributed by atoms with Gasteiger partial charge in [0, 0.05) is 11.5 Å². The van der Waals surface area contributed by atoms with E-state index in [1.54, 1.807) is 10.8 Å². The second-order valence-electron chi connectivity index (χ2n) is 2.25. The molecule has 0 saturated heterocycles. The Kier molecular flexibility index (Phi) is 8.83. The highest BCUT2D eigenvalue weighted by molar-refractivity contribution is 8.76. The molecule has 0 unspecified atom stereocenters. The van der Waals surface area contributed by atoms with Gasteiger partial charge in [0.2, 0.25) is 0 Å². The zero-order chi connectivity index (χ0) is 9.23. The molecule has 0 aliphatic rings. The summed E-state index contributed by atoms with van der Waals surface area (Å²) in [7, 11) is 3.61. The fourth-order valence-electron chi connectivity index (χ4n) is 0.538. The van der Waals surface area contributed by atoms with Crippen molar-refractivity contribution in [1.82, 2.24) is 0 Å². The third-order valence-corrected chi connectivity index (χ3v) is 3.47. The van der Waals surface area contributed by atoms with Gasteiger partial charge in [-0.2, -0.15) is 0 Å². The monoisotopic (exact) mass is 202 g/mol. The molecule has 0 heterocycles. The standard InChI is InChI=1S/C9H14OS2/c1-3-6-11-12-7-4-5-9(2)8-10/h3,5,8H,1,4,6-7H2,2H3/b9-5+. The molecule has 0 fully saturated rings. The molecule has 0 saturated carbocycles. The summed E-state index contributed by atoms with van der Waals surface area (Å²) in [6.45, 7) is 5.46. The van der Waals surface area contributed by atoms with Gasteiger partial charge in [-0.05, 0) is 18.9 Å². The van der Waals surface area contributed by atoms with Gasteiger partial charge in [0.15, 0.2) is 0 Å². The first-order valence-electron chi connectivity index (χ1n) is 3.78. The summed E-state index contributed by atoms with van der Waals surface area (Å²) in [5.41, 5.74) is 0.823. The molecule has 0 bridgehead atoms. The van der Waals surface area contributed by atoms with E-state index in [1.165, 1.54) is 0 Å². The molecule has 0 amide bonds. The molecule has 0 N–H and O–H groups in total. The van der Waals surface area contributed by atoms with Gasteiger partial charge < -0.3 is 0 Å². The summed E-state index contributed by atoms with van der Waals surface area (Å²) >= 11 is 0. The number of hydrogen-bond donors (Lipinski definition) is 0. The van der Waals surface area contributed by atoms with Gasteiger partial charge in [-0.1, -0.05) is 33.7 Å². The lowest BCUT2D eigenvalue weighted by molar-refractivity contribution is -0.104. The van der Waals surface area contributed by atoms with Gasteiger partial charge in [-0.15, -0.1) is 6.58 Å². The summed E-state index contributed by atoms with van der Waals surface area (Å²) in [5, 5.41) is 0. The van der Waals surface area contributed by atoms with Crippen molar-refractivity contribution < 1.29 is 4.79 Å². The third kappa shape index (κ3) is 7.95. The topological polar surface area (TPSA) is 17.1 Å². The molecule has 12 heavy (non-hydrogen) atoms. The lowest BCUT2D eigenvalue weighted by Crippen LogP contribution is -1.78. The van der Waals surface area contributed by atoms with Crippen molar-refractivity contribution in [1.29, 1.82) is 0 Å². The summed E-state index contributed by atoms with van der Waals surface area (Å²) < 4.78 is 0. The van der Waals surface area contributed by atoms with Crippen LogP contribution in [0.4, 0.5) is 0 Å². The summed E-state index contributed by atoms with van der Waals surface area (Å²) in [6.07, 6.45) is 5.72. The first kappa shape index (κ1) is 11.8. The van der Waals surface area contributed by atoms with Crippen molar-refractivity contribution in [2.45, 2.75) is 13.3 Å². The number of allylic oxidation sites excluding steroid dienone is 2. The minimum atomic E-state index is 0.823. The Morgan fingerprint density at radius 2 is 2.25 bits per heavy atom. The highest BCUT2D eigenvalue weighted by Crippen LogP contribution is 2.21. The number of carbonyl (C=O) groups is 1. The van der Waals surface area contributed by atoms with Crippen molar-refractivity contribution >= 4 is 27.9 Å². The van der Waals surface area contributed by atoms with E-state index in [0.717, 1.165) is 29.8 Å². The number of hydrogen-bond acceptors (Lipinski definition) is 3. The highest BCUT2D eigenvalue weighted by Gasteiger charge is 1.87.